The van der Waals surface area contributed by atoms with E-state index < -0.39 is 97.5 Å². The number of phosphoric ester groups is 2. The lowest BCUT2D eigenvalue weighted by molar-refractivity contribution is -0.161. The number of phosphoric acid groups is 2. The van der Waals surface area contributed by atoms with Crippen molar-refractivity contribution in [1.29, 1.82) is 0 Å². The molecule has 0 radical (unpaired) electrons. The normalized spacial score (nSPS) is 13.9. The number of carbonyl (C=O) groups is 4. The number of aliphatic hydroxyl groups is 1. The summed E-state index contributed by atoms with van der Waals surface area (Å²) < 4.78 is 68.7. The molecule has 2 unspecified atom stereocenters. The molecule has 600 valence electrons. The van der Waals surface area contributed by atoms with Gasteiger partial charge >= 0.3 is 39.5 Å². The fourth-order valence-electron chi connectivity index (χ4n) is 12.7. The molecular formula is C82H160O17P2. The van der Waals surface area contributed by atoms with Gasteiger partial charge in [0.1, 0.15) is 19.3 Å². The average Bonchev–Trinajstić information content (AvgIpc) is 0.986. The molecule has 5 atom stereocenters. The van der Waals surface area contributed by atoms with E-state index in [1.165, 1.54) is 244 Å². The third-order valence-corrected chi connectivity index (χ3v) is 21.1. The Morgan fingerprint density at radius 1 is 0.267 bits per heavy atom. The van der Waals surface area contributed by atoms with Crippen molar-refractivity contribution in [2.24, 2.45) is 11.8 Å². The minimum Gasteiger partial charge on any atom is -0.462 e. The molecule has 0 aliphatic heterocycles. The Morgan fingerprint density at radius 3 is 0.673 bits per heavy atom. The molecule has 19 heteroatoms. The maximum absolute atomic E-state index is 13.1. The molecule has 0 spiro atoms. The number of hydrogen-bond acceptors (Lipinski definition) is 15. The molecule has 0 rings (SSSR count). The van der Waals surface area contributed by atoms with Crippen LogP contribution in [-0.2, 0) is 65.4 Å². The zero-order valence-corrected chi connectivity index (χ0v) is 68.0. The zero-order valence-electron chi connectivity index (χ0n) is 66.2. The fourth-order valence-corrected chi connectivity index (χ4v) is 14.3. The Labute approximate surface area is 619 Å². The Hall–Kier alpha value is -1.94. The first kappa shape index (κ1) is 99.1. The monoisotopic (exact) mass is 1480 g/mol. The van der Waals surface area contributed by atoms with Gasteiger partial charge in [0.2, 0.25) is 0 Å². The second-order valence-corrected chi connectivity index (χ2v) is 33.4. The molecule has 0 amide bonds. The first-order valence-electron chi connectivity index (χ1n) is 42.5. The highest BCUT2D eigenvalue weighted by molar-refractivity contribution is 7.47. The molecule has 0 aromatic rings. The van der Waals surface area contributed by atoms with Gasteiger partial charge in [-0.15, -0.1) is 0 Å². The summed E-state index contributed by atoms with van der Waals surface area (Å²) in [7, 11) is -9.92. The van der Waals surface area contributed by atoms with E-state index in [4.69, 9.17) is 37.0 Å². The summed E-state index contributed by atoms with van der Waals surface area (Å²) in [6, 6.07) is 0. The summed E-state index contributed by atoms with van der Waals surface area (Å²) >= 11 is 0. The van der Waals surface area contributed by atoms with Crippen molar-refractivity contribution >= 4 is 39.5 Å². The van der Waals surface area contributed by atoms with E-state index in [2.05, 4.69) is 41.5 Å². The summed E-state index contributed by atoms with van der Waals surface area (Å²) in [6.45, 7) is 9.59. The third-order valence-electron chi connectivity index (χ3n) is 19.2. The highest BCUT2D eigenvalue weighted by Crippen LogP contribution is 2.45. The topological polar surface area (TPSA) is 237 Å². The minimum absolute atomic E-state index is 0.107. The molecule has 101 heavy (non-hydrogen) atoms. The summed E-state index contributed by atoms with van der Waals surface area (Å²) in [5.41, 5.74) is 0. The van der Waals surface area contributed by atoms with Crippen LogP contribution in [0, 0.1) is 11.8 Å². The van der Waals surface area contributed by atoms with Crippen molar-refractivity contribution in [2.75, 3.05) is 39.6 Å². The van der Waals surface area contributed by atoms with Gasteiger partial charge in [-0.3, -0.25) is 37.3 Å². The fraction of sp³-hybridized carbons (Fsp3) is 0.951. The number of aliphatic hydroxyl groups excluding tert-OH is 1. The van der Waals surface area contributed by atoms with E-state index in [-0.39, 0.29) is 25.7 Å². The van der Waals surface area contributed by atoms with E-state index >= 15 is 0 Å². The van der Waals surface area contributed by atoms with Gasteiger partial charge in [0.25, 0.3) is 0 Å². The maximum Gasteiger partial charge on any atom is 0.472 e. The van der Waals surface area contributed by atoms with Gasteiger partial charge in [0.15, 0.2) is 12.2 Å². The minimum atomic E-state index is -4.96. The number of rotatable bonds is 81. The molecule has 0 aliphatic carbocycles. The first-order chi connectivity index (χ1) is 48.9. The molecule has 0 fully saturated rings. The Balaban J connectivity index is 5.21. The molecule has 0 saturated heterocycles. The lowest BCUT2D eigenvalue weighted by Gasteiger charge is -2.21. The van der Waals surface area contributed by atoms with Crippen molar-refractivity contribution < 1.29 is 80.2 Å². The Bertz CT molecular complexity index is 1940. The molecular weight excluding hydrogens is 1320 g/mol. The summed E-state index contributed by atoms with van der Waals surface area (Å²) in [4.78, 5) is 73.0. The second kappa shape index (κ2) is 73.6. The number of unbranched alkanes of at least 4 members (excludes halogenated alkanes) is 51. The van der Waals surface area contributed by atoms with Crippen LogP contribution in [0.3, 0.4) is 0 Å². The standard InChI is InChI=1S/C82H160O17P2/c1-7-9-11-13-15-17-19-21-23-24-25-26-27-30-35-39-43-47-55-61-67-81(86)98-77(70-92-79(84)64-58-52-45-41-37-34-31-28-29-32-36-40-44-50-56-62-74(3)4)72-96-100(88,89)94-68-76(83)69-95-101(90,91)97-73-78(71-93-80(85)65-59-53-49-48-51-57-63-75(5)6)99-82(87)66-60-54-46-42-38-33-22-20-18-16-14-12-10-8-2/h74-78,83H,7-73H2,1-6H3,(H,88,89)(H,90,91)/t76-,77-,78-/m1/s1. The Kier molecular flexibility index (Phi) is 72.2. The quantitative estimate of drug-likeness (QED) is 0.0222. The molecule has 0 heterocycles. The third kappa shape index (κ3) is 76.1. The summed E-state index contributed by atoms with van der Waals surface area (Å²) in [5.74, 6) is -0.623. The number of esters is 4. The maximum atomic E-state index is 13.1. The van der Waals surface area contributed by atoms with Crippen LogP contribution >= 0.6 is 15.6 Å². The summed E-state index contributed by atoms with van der Waals surface area (Å²) in [6.07, 6.45) is 64.0. The number of hydrogen-bond donors (Lipinski definition) is 3. The van der Waals surface area contributed by atoms with E-state index in [1.54, 1.807) is 0 Å². The van der Waals surface area contributed by atoms with E-state index in [0.717, 1.165) is 102 Å². The van der Waals surface area contributed by atoms with Gasteiger partial charge in [0.05, 0.1) is 26.4 Å². The van der Waals surface area contributed by atoms with Gasteiger partial charge in [-0.2, -0.15) is 0 Å². The lowest BCUT2D eigenvalue weighted by Crippen LogP contribution is -2.30. The number of carbonyl (C=O) groups excluding carboxylic acids is 4. The van der Waals surface area contributed by atoms with Crippen LogP contribution in [-0.4, -0.2) is 96.7 Å². The van der Waals surface area contributed by atoms with Crippen molar-refractivity contribution in [1.82, 2.24) is 0 Å². The van der Waals surface area contributed by atoms with Gasteiger partial charge in [-0.1, -0.05) is 382 Å². The van der Waals surface area contributed by atoms with Crippen LogP contribution in [0.4, 0.5) is 0 Å². The van der Waals surface area contributed by atoms with Gasteiger partial charge < -0.3 is 33.8 Å². The zero-order chi connectivity index (χ0) is 74.2. The lowest BCUT2D eigenvalue weighted by atomic mass is 10.0. The number of ether oxygens (including phenoxy) is 4. The molecule has 0 saturated carbocycles. The Morgan fingerprint density at radius 2 is 0.455 bits per heavy atom. The molecule has 0 bridgehead atoms. The molecule has 17 nitrogen and oxygen atoms in total. The van der Waals surface area contributed by atoms with E-state index in [0.29, 0.717) is 31.6 Å². The average molecular weight is 1480 g/mol. The van der Waals surface area contributed by atoms with Crippen LogP contribution in [0.1, 0.15) is 433 Å². The van der Waals surface area contributed by atoms with Gasteiger partial charge in [0, 0.05) is 25.7 Å². The van der Waals surface area contributed by atoms with Gasteiger partial charge in [-0.25, -0.2) is 9.13 Å². The van der Waals surface area contributed by atoms with Crippen molar-refractivity contribution in [2.45, 2.75) is 452 Å². The van der Waals surface area contributed by atoms with E-state index in [1.807, 2.05) is 0 Å². The van der Waals surface area contributed by atoms with Crippen LogP contribution in [0.15, 0.2) is 0 Å². The second-order valence-electron chi connectivity index (χ2n) is 30.5. The van der Waals surface area contributed by atoms with Gasteiger partial charge in [-0.05, 0) is 37.5 Å². The largest absolute Gasteiger partial charge is 0.472 e. The molecule has 0 aromatic carbocycles. The van der Waals surface area contributed by atoms with Crippen molar-refractivity contribution in [3.63, 3.8) is 0 Å². The highest BCUT2D eigenvalue weighted by atomic mass is 31.2. The smallest absolute Gasteiger partial charge is 0.462 e. The van der Waals surface area contributed by atoms with Crippen molar-refractivity contribution in [3.05, 3.63) is 0 Å². The van der Waals surface area contributed by atoms with Crippen molar-refractivity contribution in [3.8, 4) is 0 Å². The predicted octanol–water partition coefficient (Wildman–Crippen LogP) is 24.7. The highest BCUT2D eigenvalue weighted by Gasteiger charge is 2.30. The van der Waals surface area contributed by atoms with E-state index in [9.17, 15) is 43.2 Å². The molecule has 0 aromatic heterocycles. The predicted molar refractivity (Wildman–Crippen MR) is 414 cm³/mol. The summed E-state index contributed by atoms with van der Waals surface area (Å²) in [5, 5.41) is 10.6. The molecule has 3 N–H and O–H groups in total. The van der Waals surface area contributed by atoms with Crippen LogP contribution in [0.25, 0.3) is 0 Å². The van der Waals surface area contributed by atoms with Crippen LogP contribution in [0.5, 0.6) is 0 Å². The SMILES string of the molecule is CCCCCCCCCCCCCCCCCCCCCCC(=O)O[C@H](COC(=O)CCCCCCCCCCCCCCCCCC(C)C)COP(=O)(O)OC[C@@H](O)COP(=O)(O)OC[C@@H](COC(=O)CCCCCCCCC(C)C)OC(=O)CCCCCCCCCCCCCCCC. The van der Waals surface area contributed by atoms with Crippen LogP contribution in [0.2, 0.25) is 0 Å². The first-order valence-corrected chi connectivity index (χ1v) is 45.5. The molecule has 0 aliphatic rings. The van der Waals surface area contributed by atoms with Crippen LogP contribution < -0.4 is 0 Å².